The molecule has 11 aromatic carbocycles. The Balaban J connectivity index is 0.996. The molecule has 4 aromatic heterocycles. The molecule has 14 heteroatoms. The van der Waals surface area contributed by atoms with Gasteiger partial charge in [-0.25, -0.2) is 29.9 Å². The Labute approximate surface area is 499 Å². The molecular weight excluding hydrogens is 1110 g/mol. The van der Waals surface area contributed by atoms with Crippen LogP contribution in [0.4, 0.5) is 26.3 Å². The average Bonchev–Trinajstić information content (AvgIpc) is 1.67. The maximum absolute atomic E-state index is 14.5. The van der Waals surface area contributed by atoms with Crippen LogP contribution in [0.2, 0.25) is 0 Å². The number of rotatable bonds is 10. The summed E-state index contributed by atoms with van der Waals surface area (Å²) in [6, 6.07) is 80.7. The van der Waals surface area contributed by atoms with Crippen LogP contribution in [0.5, 0.6) is 0 Å². The molecule has 4 heterocycles. The molecule has 0 amide bonds. The first kappa shape index (κ1) is 53.4. The molecule has 0 aliphatic heterocycles. The molecule has 88 heavy (non-hydrogen) atoms. The Kier molecular flexibility index (Phi) is 12.9. The fourth-order valence-corrected chi connectivity index (χ4v) is 11.7. The van der Waals surface area contributed by atoms with E-state index in [1.807, 2.05) is 240 Å². The summed E-state index contributed by atoms with van der Waals surface area (Å²) in [6.45, 7) is 0. The van der Waals surface area contributed by atoms with Crippen molar-refractivity contribution in [1.29, 1.82) is 0 Å². The van der Waals surface area contributed by atoms with Crippen LogP contribution >= 0.6 is 0 Å². The lowest BCUT2D eigenvalue weighted by molar-refractivity contribution is -0.138. The quantitative estimate of drug-likeness (QED) is 0.127. The summed E-state index contributed by atoms with van der Waals surface area (Å²) in [6.07, 6.45) is -9.18. The van der Waals surface area contributed by atoms with Crippen LogP contribution in [0.15, 0.2) is 267 Å². The van der Waals surface area contributed by atoms with Crippen LogP contribution < -0.4 is 0 Å². The van der Waals surface area contributed by atoms with E-state index in [4.69, 9.17) is 29.9 Å². The van der Waals surface area contributed by atoms with Crippen LogP contribution in [-0.2, 0) is 12.4 Å². The van der Waals surface area contributed by atoms with Gasteiger partial charge in [0.1, 0.15) is 0 Å². The van der Waals surface area contributed by atoms with E-state index in [9.17, 15) is 26.3 Å². The van der Waals surface area contributed by atoms with E-state index >= 15 is 0 Å². The number of aromatic nitrogens is 8. The fourth-order valence-electron chi connectivity index (χ4n) is 11.7. The predicted octanol–water partition coefficient (Wildman–Crippen LogP) is 19.6. The maximum Gasteiger partial charge on any atom is 0.416 e. The summed E-state index contributed by atoms with van der Waals surface area (Å²) in [5.41, 5.74) is 9.37. The highest BCUT2D eigenvalue weighted by atomic mass is 19.4. The molecule has 0 N–H and O–H groups in total. The molecule has 8 nitrogen and oxygen atoms in total. The molecule has 0 aliphatic rings. The SMILES string of the molecule is FC(F)(F)c1ccc2c(c1)c1ccccc1n2-c1ccc(-c2nc(-c3ccccc3)nc(-c3ccccc3)n2)cc1-c1cccc(-c2cc(-c3nc(-c4ccccc4)nc(-c4ccccc4)n3)ccc2-n2c3ccccc3c3cc(C(F)(F)F)ccc32)c1. The van der Waals surface area contributed by atoms with Crippen molar-refractivity contribution in [2.24, 2.45) is 0 Å². The van der Waals surface area contributed by atoms with Crippen molar-refractivity contribution in [3.63, 3.8) is 0 Å². The van der Waals surface area contributed by atoms with Gasteiger partial charge in [0.05, 0.1) is 44.6 Å². The van der Waals surface area contributed by atoms with Crippen molar-refractivity contribution in [3.8, 4) is 102 Å². The van der Waals surface area contributed by atoms with Crippen LogP contribution in [0.1, 0.15) is 11.1 Å². The second-order valence-electron chi connectivity index (χ2n) is 21.3. The van der Waals surface area contributed by atoms with Crippen LogP contribution in [0.3, 0.4) is 0 Å². The third-order valence-corrected chi connectivity index (χ3v) is 15.9. The van der Waals surface area contributed by atoms with Gasteiger partial charge in [0.2, 0.25) is 0 Å². The van der Waals surface area contributed by atoms with E-state index in [1.165, 1.54) is 24.3 Å². The Hall–Kier alpha value is -11.4. The minimum atomic E-state index is -4.59. The minimum Gasteiger partial charge on any atom is -0.309 e. The molecule has 0 atom stereocenters. The maximum atomic E-state index is 14.5. The Morgan fingerprint density at radius 1 is 0.227 bits per heavy atom. The van der Waals surface area contributed by atoms with E-state index in [1.54, 1.807) is 0 Å². The Morgan fingerprint density at radius 3 is 0.864 bits per heavy atom. The molecule has 0 unspecified atom stereocenters. The van der Waals surface area contributed by atoms with Crippen LogP contribution in [-0.4, -0.2) is 39.0 Å². The Morgan fingerprint density at radius 2 is 0.523 bits per heavy atom. The van der Waals surface area contributed by atoms with Crippen LogP contribution in [0.25, 0.3) is 146 Å². The highest BCUT2D eigenvalue weighted by Gasteiger charge is 2.33. The van der Waals surface area contributed by atoms with Crippen molar-refractivity contribution in [1.82, 2.24) is 39.0 Å². The van der Waals surface area contributed by atoms with E-state index in [2.05, 4.69) is 0 Å². The molecule has 422 valence electrons. The molecule has 0 bridgehead atoms. The molecule has 0 saturated heterocycles. The van der Waals surface area contributed by atoms with Crippen LogP contribution in [0, 0.1) is 0 Å². The number of nitrogens with zero attached hydrogens (tertiary/aromatic N) is 8. The highest BCUT2D eigenvalue weighted by molar-refractivity contribution is 6.11. The lowest BCUT2D eigenvalue weighted by Crippen LogP contribution is -2.05. The van der Waals surface area contributed by atoms with Gasteiger partial charge >= 0.3 is 12.4 Å². The predicted molar refractivity (Wildman–Crippen MR) is 335 cm³/mol. The first-order chi connectivity index (χ1) is 42.9. The Bertz CT molecular complexity index is 4740. The zero-order valence-electron chi connectivity index (χ0n) is 46.2. The largest absolute Gasteiger partial charge is 0.416 e. The van der Waals surface area contributed by atoms with E-state index in [-0.39, 0.29) is 0 Å². The fraction of sp³-hybridized carbons (Fsp3) is 0.0270. The normalized spacial score (nSPS) is 12.0. The number of fused-ring (bicyclic) bond motifs is 6. The van der Waals surface area contributed by atoms with E-state index in [0.717, 1.165) is 34.4 Å². The first-order valence-electron chi connectivity index (χ1n) is 28.2. The number of halogens is 6. The minimum absolute atomic E-state index is 0.380. The van der Waals surface area contributed by atoms with Crippen molar-refractivity contribution >= 4 is 43.6 Å². The molecule has 0 saturated carbocycles. The highest BCUT2D eigenvalue weighted by Crippen LogP contribution is 2.45. The molecule has 0 spiro atoms. The number of alkyl halides is 6. The van der Waals surface area contributed by atoms with Gasteiger partial charge in [-0.2, -0.15) is 26.3 Å². The topological polar surface area (TPSA) is 87.2 Å². The monoisotopic (exact) mass is 1160 g/mol. The van der Waals surface area contributed by atoms with Gasteiger partial charge in [-0.3, -0.25) is 0 Å². The van der Waals surface area contributed by atoms with Crippen molar-refractivity contribution in [2.45, 2.75) is 12.4 Å². The summed E-state index contributed by atoms with van der Waals surface area (Å²) in [7, 11) is 0. The van der Waals surface area contributed by atoms with Gasteiger partial charge in [0.25, 0.3) is 0 Å². The second kappa shape index (κ2) is 21.3. The summed E-state index contributed by atoms with van der Waals surface area (Å²) in [4.78, 5) is 30.3. The molecular formula is C74H44F6N8. The van der Waals surface area contributed by atoms with E-state index in [0.29, 0.717) is 123 Å². The molecule has 15 rings (SSSR count). The molecule has 0 aliphatic carbocycles. The van der Waals surface area contributed by atoms with Gasteiger partial charge in [0.15, 0.2) is 34.9 Å². The van der Waals surface area contributed by atoms with Gasteiger partial charge in [-0.05, 0) is 102 Å². The summed E-state index contributed by atoms with van der Waals surface area (Å²) < 4.78 is 91.2. The van der Waals surface area contributed by atoms with E-state index < -0.39 is 23.5 Å². The van der Waals surface area contributed by atoms with Crippen molar-refractivity contribution in [3.05, 3.63) is 278 Å². The molecule has 0 radical (unpaired) electrons. The van der Waals surface area contributed by atoms with Crippen molar-refractivity contribution < 1.29 is 26.3 Å². The number of hydrogen-bond acceptors (Lipinski definition) is 6. The van der Waals surface area contributed by atoms with Gasteiger partial charge in [-0.15, -0.1) is 0 Å². The number of benzene rings is 11. The third kappa shape index (κ3) is 9.66. The van der Waals surface area contributed by atoms with Gasteiger partial charge in [-0.1, -0.05) is 176 Å². The van der Waals surface area contributed by atoms with Crippen molar-refractivity contribution in [2.75, 3.05) is 0 Å². The smallest absolute Gasteiger partial charge is 0.309 e. The lowest BCUT2D eigenvalue weighted by Gasteiger charge is -2.19. The summed E-state index contributed by atoms with van der Waals surface area (Å²) >= 11 is 0. The zero-order chi connectivity index (χ0) is 59.7. The summed E-state index contributed by atoms with van der Waals surface area (Å²) in [5, 5.41) is 2.10. The molecule has 0 fully saturated rings. The number of para-hydroxylation sites is 2. The number of hydrogen-bond donors (Lipinski definition) is 0. The lowest BCUT2D eigenvalue weighted by atomic mass is 9.94. The summed E-state index contributed by atoms with van der Waals surface area (Å²) in [5.74, 6) is 2.58. The first-order valence-corrected chi connectivity index (χ1v) is 28.2. The van der Waals surface area contributed by atoms with Gasteiger partial charge < -0.3 is 9.13 Å². The zero-order valence-corrected chi connectivity index (χ0v) is 46.2. The standard InChI is InChI=1S/C74H44F6N8/c75-73(76,77)53-34-38-65-59(43-53)55-28-13-15-30-61(55)87(65)63-36-32-51(71-83-67(45-18-5-1-6-19-45)81-68(84-71)46-20-7-2-8-21-46)41-57(63)49-26-17-27-50(40-49)58-42-52(72-85-69(47-22-9-3-10-23-47)82-70(86-72)48-24-11-4-12-25-48)33-37-64(58)88-62-31-16-14-29-56(62)60-44-54(74(78,79)80)35-39-66(60)88/h1-44H. The molecule has 15 aromatic rings. The van der Waals surface area contributed by atoms with Gasteiger partial charge in [0, 0.05) is 66.1 Å². The third-order valence-electron chi connectivity index (χ3n) is 15.9. The second-order valence-corrected chi connectivity index (χ2v) is 21.3. The average molecular weight is 1160 g/mol.